The molecule has 0 saturated carbocycles. The third kappa shape index (κ3) is 2.14. The molecule has 3 nitrogen and oxygen atoms in total. The number of hydrogen-bond acceptors (Lipinski definition) is 3. The molecule has 0 radical (unpaired) electrons. The summed E-state index contributed by atoms with van der Waals surface area (Å²) in [5.74, 6) is 0.724. The van der Waals surface area contributed by atoms with E-state index >= 15 is 0 Å². The first-order valence-electron chi connectivity index (χ1n) is 5.81. The Bertz CT molecular complexity index is 435. The predicted octanol–water partition coefficient (Wildman–Crippen LogP) is 2.16. The van der Waals surface area contributed by atoms with Crippen LogP contribution < -0.4 is 11.1 Å². The van der Waals surface area contributed by atoms with Crippen LogP contribution in [0.2, 0.25) is 0 Å². The van der Waals surface area contributed by atoms with Crippen LogP contribution in [-0.4, -0.2) is 22.4 Å². The maximum atomic E-state index is 11.8. The number of benzene rings is 1. The van der Waals surface area contributed by atoms with E-state index in [0.29, 0.717) is 0 Å². The molecule has 4 heteroatoms. The van der Waals surface area contributed by atoms with Crippen LogP contribution in [0, 0.1) is 6.92 Å². The number of carbonyl (C=O) groups is 1. The molecule has 1 aliphatic heterocycles. The summed E-state index contributed by atoms with van der Waals surface area (Å²) in [4.78, 5) is 11.8. The van der Waals surface area contributed by atoms with Crippen molar-refractivity contribution in [3.05, 3.63) is 29.8 Å². The van der Waals surface area contributed by atoms with Gasteiger partial charge in [0.2, 0.25) is 5.91 Å². The van der Waals surface area contributed by atoms with Gasteiger partial charge in [0, 0.05) is 10.9 Å². The lowest BCUT2D eigenvalue weighted by molar-refractivity contribution is -0.122. The molecule has 0 aliphatic carbocycles. The summed E-state index contributed by atoms with van der Waals surface area (Å²) in [5.41, 5.74) is 7.14. The Morgan fingerprint density at radius 1 is 1.53 bits per heavy atom. The molecule has 1 amide bonds. The molecule has 2 rings (SSSR count). The first kappa shape index (κ1) is 12.3. The van der Waals surface area contributed by atoms with Crippen molar-refractivity contribution < 1.29 is 4.79 Å². The Kier molecular flexibility index (Phi) is 3.33. The molecule has 1 saturated heterocycles. The highest BCUT2D eigenvalue weighted by atomic mass is 32.2. The minimum absolute atomic E-state index is 0.208. The Morgan fingerprint density at radius 2 is 2.24 bits per heavy atom. The normalized spacial score (nSPS) is 28.0. The average Bonchev–Trinajstić information content (AvgIpc) is 2.65. The Labute approximate surface area is 106 Å². The standard InChI is InChI=1S/C13H18N2OS/c1-9-5-3-4-6-11(9)15-13(12(14)16)7-8-17-10(13)2/h3-6,10,15H,7-8H2,1-2H3,(H2,14,16). The van der Waals surface area contributed by atoms with Gasteiger partial charge in [0.1, 0.15) is 5.54 Å². The average molecular weight is 250 g/mol. The van der Waals surface area contributed by atoms with Crippen molar-refractivity contribution in [1.29, 1.82) is 0 Å². The molecule has 2 atom stereocenters. The number of para-hydroxylation sites is 1. The lowest BCUT2D eigenvalue weighted by atomic mass is 9.91. The molecule has 1 aromatic carbocycles. The van der Waals surface area contributed by atoms with Gasteiger partial charge in [0.25, 0.3) is 0 Å². The predicted molar refractivity (Wildman–Crippen MR) is 73.3 cm³/mol. The van der Waals surface area contributed by atoms with E-state index in [-0.39, 0.29) is 11.2 Å². The van der Waals surface area contributed by atoms with Gasteiger partial charge in [-0.25, -0.2) is 0 Å². The van der Waals surface area contributed by atoms with Gasteiger partial charge in [-0.3, -0.25) is 4.79 Å². The minimum atomic E-state index is -0.600. The second kappa shape index (κ2) is 4.61. The Hall–Kier alpha value is -1.16. The fraction of sp³-hybridized carbons (Fsp3) is 0.462. The lowest BCUT2D eigenvalue weighted by Crippen LogP contribution is -2.54. The number of carbonyl (C=O) groups excluding carboxylic acids is 1. The van der Waals surface area contributed by atoms with Crippen LogP contribution in [-0.2, 0) is 4.79 Å². The van der Waals surface area contributed by atoms with E-state index < -0.39 is 5.54 Å². The maximum absolute atomic E-state index is 11.8. The van der Waals surface area contributed by atoms with Gasteiger partial charge in [-0.05, 0) is 30.7 Å². The number of amides is 1. The van der Waals surface area contributed by atoms with Crippen molar-refractivity contribution in [3.8, 4) is 0 Å². The van der Waals surface area contributed by atoms with Gasteiger partial charge in [-0.2, -0.15) is 11.8 Å². The molecule has 3 N–H and O–H groups in total. The molecule has 0 spiro atoms. The summed E-state index contributed by atoms with van der Waals surface area (Å²) in [7, 11) is 0. The van der Waals surface area contributed by atoms with Crippen molar-refractivity contribution in [2.45, 2.75) is 31.1 Å². The number of anilines is 1. The zero-order valence-electron chi connectivity index (χ0n) is 10.2. The van der Waals surface area contributed by atoms with Crippen LogP contribution in [0.5, 0.6) is 0 Å². The van der Waals surface area contributed by atoms with Gasteiger partial charge in [0.05, 0.1) is 0 Å². The van der Waals surface area contributed by atoms with Gasteiger partial charge in [0.15, 0.2) is 0 Å². The van der Waals surface area contributed by atoms with Crippen LogP contribution in [0.3, 0.4) is 0 Å². The molecule has 92 valence electrons. The Morgan fingerprint density at radius 3 is 2.76 bits per heavy atom. The lowest BCUT2D eigenvalue weighted by Gasteiger charge is -2.32. The summed E-state index contributed by atoms with van der Waals surface area (Å²) < 4.78 is 0. The van der Waals surface area contributed by atoms with Crippen molar-refractivity contribution >= 4 is 23.4 Å². The Balaban J connectivity index is 2.31. The maximum Gasteiger partial charge on any atom is 0.244 e. The van der Waals surface area contributed by atoms with Crippen molar-refractivity contribution in [2.24, 2.45) is 5.73 Å². The monoisotopic (exact) mass is 250 g/mol. The number of aryl methyl sites for hydroxylation is 1. The molecule has 2 unspecified atom stereocenters. The van der Waals surface area contributed by atoms with Crippen molar-refractivity contribution in [1.82, 2.24) is 0 Å². The van der Waals surface area contributed by atoms with Gasteiger partial charge in [-0.1, -0.05) is 25.1 Å². The molecule has 0 aromatic heterocycles. The topological polar surface area (TPSA) is 55.1 Å². The minimum Gasteiger partial charge on any atom is -0.370 e. The van der Waals surface area contributed by atoms with E-state index in [9.17, 15) is 4.79 Å². The molecular formula is C13H18N2OS. The fourth-order valence-corrected chi connectivity index (χ4v) is 3.62. The summed E-state index contributed by atoms with van der Waals surface area (Å²) in [6.45, 7) is 4.09. The first-order chi connectivity index (χ1) is 8.06. The number of hydrogen-bond donors (Lipinski definition) is 2. The first-order valence-corrected chi connectivity index (χ1v) is 6.86. The van der Waals surface area contributed by atoms with Gasteiger partial charge < -0.3 is 11.1 Å². The third-order valence-electron chi connectivity index (χ3n) is 3.50. The smallest absolute Gasteiger partial charge is 0.244 e. The second-order valence-electron chi connectivity index (χ2n) is 4.54. The van der Waals surface area contributed by atoms with E-state index in [0.717, 1.165) is 23.4 Å². The molecule has 1 heterocycles. The largest absolute Gasteiger partial charge is 0.370 e. The van der Waals surface area contributed by atoms with Crippen LogP contribution in [0.15, 0.2) is 24.3 Å². The van der Waals surface area contributed by atoms with E-state index in [1.807, 2.05) is 31.2 Å². The van der Waals surface area contributed by atoms with Crippen molar-refractivity contribution in [2.75, 3.05) is 11.1 Å². The second-order valence-corrected chi connectivity index (χ2v) is 5.99. The summed E-state index contributed by atoms with van der Waals surface area (Å²) in [6, 6.07) is 7.99. The number of nitrogens with two attached hydrogens (primary N) is 1. The molecule has 1 aliphatic rings. The zero-order chi connectivity index (χ0) is 12.5. The number of nitrogens with one attached hydrogen (secondary N) is 1. The van der Waals surface area contributed by atoms with E-state index in [2.05, 4.69) is 12.2 Å². The molecule has 0 bridgehead atoms. The highest BCUT2D eigenvalue weighted by molar-refractivity contribution is 8.00. The highest BCUT2D eigenvalue weighted by Crippen LogP contribution is 2.38. The van der Waals surface area contributed by atoms with E-state index in [1.165, 1.54) is 0 Å². The quantitative estimate of drug-likeness (QED) is 0.864. The highest BCUT2D eigenvalue weighted by Gasteiger charge is 2.46. The van der Waals surface area contributed by atoms with E-state index in [4.69, 9.17) is 5.73 Å². The number of rotatable bonds is 3. The van der Waals surface area contributed by atoms with Crippen molar-refractivity contribution in [3.63, 3.8) is 0 Å². The molecule has 1 fully saturated rings. The number of primary amides is 1. The fourth-order valence-electron chi connectivity index (χ4n) is 2.24. The van der Waals surface area contributed by atoms with Crippen LogP contribution in [0.4, 0.5) is 5.69 Å². The summed E-state index contributed by atoms with van der Waals surface area (Å²) in [5, 5.41) is 3.58. The van der Waals surface area contributed by atoms with Crippen LogP contribution in [0.1, 0.15) is 18.9 Å². The summed E-state index contributed by atoms with van der Waals surface area (Å²) >= 11 is 1.79. The molecular weight excluding hydrogens is 232 g/mol. The molecule has 1 aromatic rings. The van der Waals surface area contributed by atoms with Gasteiger partial charge in [-0.15, -0.1) is 0 Å². The van der Waals surface area contributed by atoms with Crippen LogP contribution >= 0.6 is 11.8 Å². The SMILES string of the molecule is Cc1ccccc1NC1(C(N)=O)CCSC1C. The van der Waals surface area contributed by atoms with Crippen LogP contribution in [0.25, 0.3) is 0 Å². The van der Waals surface area contributed by atoms with E-state index in [1.54, 1.807) is 11.8 Å². The third-order valence-corrected chi connectivity index (χ3v) is 4.84. The molecule has 17 heavy (non-hydrogen) atoms. The van der Waals surface area contributed by atoms with Gasteiger partial charge >= 0.3 is 0 Å². The summed E-state index contributed by atoms with van der Waals surface area (Å²) in [6.07, 6.45) is 0.794. The number of thioether (sulfide) groups is 1. The zero-order valence-corrected chi connectivity index (χ0v) is 11.0.